The van der Waals surface area contributed by atoms with E-state index in [2.05, 4.69) is 0 Å². The number of likely N-dealkylation sites (tertiary alicyclic amines) is 1. The first kappa shape index (κ1) is 27.3. The topological polar surface area (TPSA) is 60.9 Å². The fourth-order valence-electron chi connectivity index (χ4n) is 4.54. The highest BCUT2D eigenvalue weighted by Crippen LogP contribution is 2.38. The van der Waals surface area contributed by atoms with Crippen LogP contribution < -0.4 is 0 Å². The number of hydrogen-bond acceptors (Lipinski definition) is 2. The molecule has 0 aromatic heterocycles. The smallest absolute Gasteiger partial charge is 0.416 e. The van der Waals surface area contributed by atoms with Gasteiger partial charge in [-0.2, -0.15) is 26.3 Å². The van der Waals surface area contributed by atoms with E-state index < -0.39 is 59.7 Å². The molecule has 2 atom stereocenters. The second kappa shape index (κ2) is 9.98. The molecule has 1 saturated heterocycles. The lowest BCUT2D eigenvalue weighted by atomic mass is 9.78. The third-order valence-electron chi connectivity index (χ3n) is 6.28. The molecular weight excluding hydrogens is 497 g/mol. The maximum absolute atomic E-state index is 13.6. The predicted molar refractivity (Wildman–Crippen MR) is 115 cm³/mol. The highest BCUT2D eigenvalue weighted by molar-refractivity contribution is 5.80. The van der Waals surface area contributed by atoms with Crippen molar-refractivity contribution in [3.63, 3.8) is 0 Å². The molecule has 12 heteroatoms. The van der Waals surface area contributed by atoms with Crippen LogP contribution in [0.2, 0.25) is 0 Å². The van der Waals surface area contributed by atoms with Gasteiger partial charge in [-0.25, -0.2) is 9.18 Å². The number of piperidine rings is 1. The number of aryl methyl sites for hydroxylation is 1. The second-order valence-electron chi connectivity index (χ2n) is 8.84. The highest BCUT2D eigenvalue weighted by atomic mass is 19.4. The maximum atomic E-state index is 13.6. The van der Waals surface area contributed by atoms with Gasteiger partial charge in [0.25, 0.3) is 0 Å². The Morgan fingerprint density at radius 3 is 2.11 bits per heavy atom. The standard InChI is InChI=1S/C24H23F7N2O3/c1-13-7-17(25)3-4-18(13)20-12-33(22(35)36)6-5-19(20)21(34)32(2)11-14-8-15(23(26,27)28)10-16(9-14)24(29,30)31/h3-4,7-10,19-20H,5-6,11-12H2,1-2H3,(H,35,36). The molecule has 0 bridgehead atoms. The van der Waals surface area contributed by atoms with Crippen LogP contribution in [0.3, 0.4) is 0 Å². The van der Waals surface area contributed by atoms with E-state index >= 15 is 0 Å². The van der Waals surface area contributed by atoms with Crippen LogP contribution in [0.25, 0.3) is 0 Å². The van der Waals surface area contributed by atoms with Crippen LogP contribution in [0.4, 0.5) is 35.5 Å². The van der Waals surface area contributed by atoms with Crippen molar-refractivity contribution >= 4 is 12.0 Å². The van der Waals surface area contributed by atoms with E-state index in [4.69, 9.17) is 0 Å². The minimum atomic E-state index is -5.02. The number of carboxylic acid groups (broad SMARTS) is 1. The van der Waals surface area contributed by atoms with Crippen LogP contribution in [0.5, 0.6) is 0 Å². The molecule has 2 aromatic rings. The minimum absolute atomic E-state index is 0.0120. The molecule has 2 unspecified atom stereocenters. The first-order valence-corrected chi connectivity index (χ1v) is 10.8. The van der Waals surface area contributed by atoms with Gasteiger partial charge in [-0.1, -0.05) is 6.07 Å². The van der Waals surface area contributed by atoms with Crippen LogP contribution in [0.15, 0.2) is 36.4 Å². The summed E-state index contributed by atoms with van der Waals surface area (Å²) in [5, 5.41) is 9.42. The van der Waals surface area contributed by atoms with Crippen molar-refractivity contribution < 1.29 is 45.4 Å². The molecule has 0 spiro atoms. The third kappa shape index (κ3) is 6.08. The van der Waals surface area contributed by atoms with Gasteiger partial charge in [0.05, 0.1) is 11.1 Å². The van der Waals surface area contributed by atoms with Crippen molar-refractivity contribution in [1.82, 2.24) is 9.80 Å². The normalized spacial score (nSPS) is 18.8. The van der Waals surface area contributed by atoms with E-state index in [0.29, 0.717) is 23.3 Å². The van der Waals surface area contributed by atoms with E-state index in [1.807, 2.05) is 0 Å². The first-order valence-electron chi connectivity index (χ1n) is 10.8. The number of amides is 2. The third-order valence-corrected chi connectivity index (χ3v) is 6.28. The van der Waals surface area contributed by atoms with Crippen molar-refractivity contribution in [2.75, 3.05) is 20.1 Å². The van der Waals surface area contributed by atoms with Gasteiger partial charge in [0.1, 0.15) is 5.82 Å². The summed E-state index contributed by atoms with van der Waals surface area (Å²) in [7, 11) is 1.26. The Morgan fingerprint density at radius 2 is 1.61 bits per heavy atom. The zero-order valence-corrected chi connectivity index (χ0v) is 19.3. The minimum Gasteiger partial charge on any atom is -0.465 e. The van der Waals surface area contributed by atoms with E-state index in [1.165, 1.54) is 25.2 Å². The highest BCUT2D eigenvalue weighted by Gasteiger charge is 2.40. The lowest BCUT2D eigenvalue weighted by Crippen LogP contribution is -2.47. The molecule has 1 heterocycles. The van der Waals surface area contributed by atoms with Crippen LogP contribution in [0.1, 0.15) is 40.2 Å². The number of alkyl halides is 6. The fraction of sp³-hybridized carbons (Fsp3) is 0.417. The van der Waals surface area contributed by atoms with Gasteiger partial charge < -0.3 is 14.9 Å². The number of carbonyl (C=O) groups excluding carboxylic acids is 1. The van der Waals surface area contributed by atoms with Crippen LogP contribution >= 0.6 is 0 Å². The average Bonchev–Trinajstić information content (AvgIpc) is 2.76. The summed E-state index contributed by atoms with van der Waals surface area (Å²) in [5.41, 5.74) is -2.30. The number of halogens is 7. The maximum Gasteiger partial charge on any atom is 0.416 e. The van der Waals surface area contributed by atoms with Crippen molar-refractivity contribution in [2.24, 2.45) is 5.92 Å². The zero-order valence-electron chi connectivity index (χ0n) is 19.3. The largest absolute Gasteiger partial charge is 0.465 e. The summed E-state index contributed by atoms with van der Waals surface area (Å²) in [4.78, 5) is 27.0. The molecule has 2 amide bonds. The Labute approximate surface area is 202 Å². The number of nitrogens with zero attached hydrogens (tertiary/aromatic N) is 2. The molecular formula is C24H23F7N2O3. The fourth-order valence-corrected chi connectivity index (χ4v) is 4.54. The monoisotopic (exact) mass is 520 g/mol. The molecule has 2 aromatic carbocycles. The molecule has 36 heavy (non-hydrogen) atoms. The lowest BCUT2D eigenvalue weighted by Gasteiger charge is -2.39. The molecule has 1 N–H and O–H groups in total. The Morgan fingerprint density at radius 1 is 1.03 bits per heavy atom. The second-order valence-corrected chi connectivity index (χ2v) is 8.84. The summed E-state index contributed by atoms with van der Waals surface area (Å²) in [5.74, 6) is -2.59. The Balaban J connectivity index is 1.92. The van der Waals surface area contributed by atoms with Crippen molar-refractivity contribution in [1.29, 1.82) is 0 Å². The first-order chi connectivity index (χ1) is 16.6. The van der Waals surface area contributed by atoms with Gasteiger partial charge in [0.2, 0.25) is 5.91 Å². The van der Waals surface area contributed by atoms with Crippen molar-refractivity contribution in [3.05, 3.63) is 70.0 Å². The molecule has 1 fully saturated rings. The van der Waals surface area contributed by atoms with Gasteiger partial charge in [-0.15, -0.1) is 0 Å². The van der Waals surface area contributed by atoms with E-state index in [1.54, 1.807) is 6.92 Å². The summed E-state index contributed by atoms with van der Waals surface area (Å²) in [6.45, 7) is 1.01. The van der Waals surface area contributed by atoms with Gasteiger partial charge in [0.15, 0.2) is 0 Å². The van der Waals surface area contributed by atoms with Gasteiger partial charge in [-0.3, -0.25) is 4.79 Å². The summed E-state index contributed by atoms with van der Waals surface area (Å²) in [6, 6.07) is 5.00. The molecule has 3 rings (SSSR count). The van der Waals surface area contributed by atoms with Gasteiger partial charge in [0, 0.05) is 38.5 Å². The van der Waals surface area contributed by atoms with Crippen molar-refractivity contribution in [2.45, 2.75) is 38.2 Å². The molecule has 196 valence electrons. The summed E-state index contributed by atoms with van der Waals surface area (Å²) >= 11 is 0. The quantitative estimate of drug-likeness (QED) is 0.510. The Kier molecular flexibility index (Phi) is 7.56. The number of carbonyl (C=O) groups is 2. The molecule has 0 saturated carbocycles. The number of rotatable bonds is 4. The molecule has 5 nitrogen and oxygen atoms in total. The van der Waals surface area contributed by atoms with E-state index in [9.17, 15) is 45.4 Å². The Bertz CT molecular complexity index is 1120. The molecule has 0 radical (unpaired) electrons. The van der Waals surface area contributed by atoms with Crippen LogP contribution in [-0.2, 0) is 23.7 Å². The number of benzene rings is 2. The summed E-state index contributed by atoms with van der Waals surface area (Å²) in [6.07, 6.45) is -11.2. The van der Waals surface area contributed by atoms with Gasteiger partial charge >= 0.3 is 18.4 Å². The molecule has 0 aliphatic carbocycles. The van der Waals surface area contributed by atoms with Gasteiger partial charge in [-0.05, 0) is 60.4 Å². The predicted octanol–water partition coefficient (Wildman–Crippen LogP) is 5.91. The number of hydrogen-bond donors (Lipinski definition) is 1. The lowest BCUT2D eigenvalue weighted by molar-refractivity contribution is -0.143. The van der Waals surface area contributed by atoms with Crippen LogP contribution in [0, 0.1) is 18.7 Å². The zero-order chi connectivity index (χ0) is 27.0. The Hall–Kier alpha value is -3.31. The average molecular weight is 520 g/mol. The van der Waals surface area contributed by atoms with E-state index in [-0.39, 0.29) is 31.1 Å². The molecule has 1 aliphatic heterocycles. The SMILES string of the molecule is Cc1cc(F)ccc1C1CN(C(=O)O)CCC1C(=O)N(C)Cc1cc(C(F)(F)F)cc(C(F)(F)F)c1. The van der Waals surface area contributed by atoms with Crippen LogP contribution in [-0.4, -0.2) is 47.0 Å². The van der Waals surface area contributed by atoms with Crippen molar-refractivity contribution in [3.8, 4) is 0 Å². The van der Waals surface area contributed by atoms with E-state index in [0.717, 1.165) is 9.80 Å². The summed E-state index contributed by atoms with van der Waals surface area (Å²) < 4.78 is 92.9. The molecule has 1 aliphatic rings.